The minimum atomic E-state index is -1.00. The Morgan fingerprint density at radius 2 is 1.69 bits per heavy atom. The van der Waals surface area contributed by atoms with Crippen LogP contribution in [0.1, 0.15) is 20.3 Å². The van der Waals surface area contributed by atoms with Gasteiger partial charge in [0, 0.05) is 5.75 Å². The Balaban J connectivity index is 0. The number of carbonyl (C=O) groups is 2. The highest BCUT2D eigenvalue weighted by atomic mass is 32.1. The maximum atomic E-state index is 10.2. The maximum Gasteiger partial charge on any atom is 0.321 e. The van der Waals surface area contributed by atoms with Crippen molar-refractivity contribution in [3.63, 3.8) is 0 Å². The van der Waals surface area contributed by atoms with Crippen LogP contribution in [0.15, 0.2) is 0 Å². The lowest BCUT2D eigenvalue weighted by Crippen LogP contribution is -2.36. The Morgan fingerprint density at radius 3 is 1.75 bits per heavy atom. The van der Waals surface area contributed by atoms with Crippen molar-refractivity contribution in [1.82, 2.24) is 0 Å². The summed E-state index contributed by atoms with van der Waals surface area (Å²) in [6.45, 7) is 3.76. The lowest BCUT2D eigenvalue weighted by molar-refractivity contribution is -0.140. The van der Waals surface area contributed by atoms with Gasteiger partial charge in [-0.2, -0.15) is 12.6 Å². The van der Waals surface area contributed by atoms with E-state index in [0.29, 0.717) is 0 Å². The molecule has 0 saturated carbocycles. The molecule has 6 nitrogen and oxygen atoms in total. The van der Waals surface area contributed by atoms with Crippen molar-refractivity contribution in [2.24, 2.45) is 17.4 Å². The zero-order valence-corrected chi connectivity index (χ0v) is 10.4. The van der Waals surface area contributed by atoms with Gasteiger partial charge < -0.3 is 21.7 Å². The largest absolute Gasteiger partial charge is 0.480 e. The van der Waals surface area contributed by atoms with E-state index in [-0.39, 0.29) is 11.7 Å². The van der Waals surface area contributed by atoms with Crippen molar-refractivity contribution in [2.45, 2.75) is 32.4 Å². The molecule has 0 fully saturated rings. The minimum Gasteiger partial charge on any atom is -0.480 e. The van der Waals surface area contributed by atoms with Crippen LogP contribution in [0.5, 0.6) is 0 Å². The molecule has 0 aliphatic rings. The van der Waals surface area contributed by atoms with Crippen molar-refractivity contribution in [3.8, 4) is 0 Å². The van der Waals surface area contributed by atoms with Gasteiger partial charge in [0.2, 0.25) is 0 Å². The van der Waals surface area contributed by atoms with E-state index in [1.165, 1.54) is 0 Å². The van der Waals surface area contributed by atoms with Crippen LogP contribution in [0.4, 0.5) is 0 Å². The molecule has 0 heterocycles. The number of aliphatic carboxylic acids is 2. The lowest BCUT2D eigenvalue weighted by Gasteiger charge is -2.11. The second-order valence-corrected chi connectivity index (χ2v) is 3.74. The fraction of sp³-hybridized carbons (Fsp3) is 0.778. The number of carboxylic acids is 2. The average Bonchev–Trinajstić information content (AvgIpc) is 2.26. The van der Waals surface area contributed by atoms with Gasteiger partial charge >= 0.3 is 11.9 Å². The molecule has 16 heavy (non-hydrogen) atoms. The van der Waals surface area contributed by atoms with Gasteiger partial charge in [-0.1, -0.05) is 20.3 Å². The SMILES string of the molecule is CCC(C)C(N)C(=O)O.NC(CS)C(=O)O. The van der Waals surface area contributed by atoms with E-state index in [0.717, 1.165) is 6.42 Å². The van der Waals surface area contributed by atoms with Gasteiger partial charge in [-0.25, -0.2) is 0 Å². The number of thiol groups is 1. The first-order valence-corrected chi connectivity index (χ1v) is 5.48. The van der Waals surface area contributed by atoms with E-state index < -0.39 is 24.0 Å². The van der Waals surface area contributed by atoms with Gasteiger partial charge in [0.1, 0.15) is 12.1 Å². The molecule has 0 saturated heterocycles. The third kappa shape index (κ3) is 8.51. The Hall–Kier alpha value is -0.790. The predicted octanol–water partition coefficient (Wildman–Crippen LogP) is -0.227. The standard InChI is InChI=1S/C6H13NO2.C3H7NO2S/c1-3-4(2)5(7)6(8)9;4-2(1-7)3(5)6/h4-5H,3,7H2,1-2H3,(H,8,9);2,7H,1,4H2,(H,5,6). The van der Waals surface area contributed by atoms with E-state index >= 15 is 0 Å². The molecule has 0 aromatic heterocycles. The summed E-state index contributed by atoms with van der Waals surface area (Å²) in [5, 5.41) is 16.4. The van der Waals surface area contributed by atoms with Crippen LogP contribution in [-0.2, 0) is 9.59 Å². The Bertz CT molecular complexity index is 226. The first-order chi connectivity index (χ1) is 7.27. The number of hydrogen-bond acceptors (Lipinski definition) is 5. The first-order valence-electron chi connectivity index (χ1n) is 4.85. The quantitative estimate of drug-likeness (QED) is 0.430. The highest BCUT2D eigenvalue weighted by molar-refractivity contribution is 7.80. The summed E-state index contributed by atoms with van der Waals surface area (Å²) in [6.07, 6.45) is 0.813. The molecular formula is C9H20N2O4S. The Labute approximate surface area is 100 Å². The van der Waals surface area contributed by atoms with Crippen LogP contribution in [-0.4, -0.2) is 40.0 Å². The van der Waals surface area contributed by atoms with Crippen LogP contribution in [0.2, 0.25) is 0 Å². The normalized spacial score (nSPS) is 15.3. The van der Waals surface area contributed by atoms with E-state index in [2.05, 4.69) is 12.6 Å². The van der Waals surface area contributed by atoms with Crippen molar-refractivity contribution in [2.75, 3.05) is 5.75 Å². The molecule has 0 aliphatic carbocycles. The second kappa shape index (κ2) is 9.44. The van der Waals surface area contributed by atoms with Crippen LogP contribution >= 0.6 is 12.6 Å². The summed E-state index contributed by atoms with van der Waals surface area (Å²) in [7, 11) is 0. The number of hydrogen-bond donors (Lipinski definition) is 5. The van der Waals surface area contributed by atoms with Gasteiger partial charge in [0.05, 0.1) is 0 Å². The molecule has 7 heteroatoms. The molecule has 6 N–H and O–H groups in total. The fourth-order valence-electron chi connectivity index (χ4n) is 0.575. The highest BCUT2D eigenvalue weighted by Gasteiger charge is 2.17. The van der Waals surface area contributed by atoms with Crippen molar-refractivity contribution in [1.29, 1.82) is 0 Å². The van der Waals surface area contributed by atoms with Crippen molar-refractivity contribution in [3.05, 3.63) is 0 Å². The molecule has 0 rings (SSSR count). The molecule has 96 valence electrons. The Kier molecular flexibility index (Phi) is 10.4. The zero-order valence-electron chi connectivity index (χ0n) is 9.46. The zero-order chi connectivity index (χ0) is 13.3. The second-order valence-electron chi connectivity index (χ2n) is 3.38. The van der Waals surface area contributed by atoms with Crippen LogP contribution in [0.25, 0.3) is 0 Å². The first kappa shape index (κ1) is 17.6. The van der Waals surface area contributed by atoms with Crippen LogP contribution in [0.3, 0.4) is 0 Å². The van der Waals surface area contributed by atoms with E-state index in [9.17, 15) is 9.59 Å². The summed E-state index contributed by atoms with van der Waals surface area (Å²) >= 11 is 3.65. The van der Waals surface area contributed by atoms with E-state index in [1.54, 1.807) is 0 Å². The molecule has 0 spiro atoms. The topological polar surface area (TPSA) is 127 Å². The molecule has 0 amide bonds. The summed E-state index contributed by atoms with van der Waals surface area (Å²) in [4.78, 5) is 19.9. The molecule has 3 atom stereocenters. The summed E-state index contributed by atoms with van der Waals surface area (Å²) < 4.78 is 0. The summed E-state index contributed by atoms with van der Waals surface area (Å²) in [5.41, 5.74) is 10.2. The molecule has 0 bridgehead atoms. The van der Waals surface area contributed by atoms with Gasteiger partial charge in [-0.15, -0.1) is 0 Å². The number of carboxylic acid groups (broad SMARTS) is 2. The Morgan fingerprint density at radius 1 is 1.25 bits per heavy atom. The predicted molar refractivity (Wildman–Crippen MR) is 64.5 cm³/mol. The maximum absolute atomic E-state index is 10.2. The molecule has 0 aromatic rings. The molecule has 0 aliphatic heterocycles. The third-order valence-corrected chi connectivity index (χ3v) is 2.45. The summed E-state index contributed by atoms with van der Waals surface area (Å²) in [5.74, 6) is -1.66. The smallest absolute Gasteiger partial charge is 0.321 e. The van der Waals surface area contributed by atoms with Gasteiger partial charge in [-0.05, 0) is 5.92 Å². The number of nitrogens with two attached hydrogens (primary N) is 2. The number of rotatable bonds is 5. The molecule has 3 unspecified atom stereocenters. The van der Waals surface area contributed by atoms with Gasteiger partial charge in [0.25, 0.3) is 0 Å². The molecule has 0 aromatic carbocycles. The van der Waals surface area contributed by atoms with Crippen LogP contribution in [0, 0.1) is 5.92 Å². The minimum absolute atomic E-state index is 0.0718. The monoisotopic (exact) mass is 252 g/mol. The molecule has 0 radical (unpaired) electrons. The summed E-state index contributed by atoms with van der Waals surface area (Å²) in [6, 6.07) is -1.52. The lowest BCUT2D eigenvalue weighted by atomic mass is 10.0. The van der Waals surface area contributed by atoms with Crippen molar-refractivity contribution >= 4 is 24.6 Å². The molecular weight excluding hydrogens is 232 g/mol. The van der Waals surface area contributed by atoms with E-state index in [1.807, 2.05) is 13.8 Å². The highest BCUT2D eigenvalue weighted by Crippen LogP contribution is 2.04. The fourth-order valence-corrected chi connectivity index (χ4v) is 0.732. The van der Waals surface area contributed by atoms with Gasteiger partial charge in [-0.3, -0.25) is 9.59 Å². The van der Waals surface area contributed by atoms with Crippen LogP contribution < -0.4 is 11.5 Å². The van der Waals surface area contributed by atoms with E-state index in [4.69, 9.17) is 21.7 Å². The van der Waals surface area contributed by atoms with Crippen molar-refractivity contribution < 1.29 is 19.8 Å². The third-order valence-electron chi connectivity index (χ3n) is 2.06. The average molecular weight is 252 g/mol. The van der Waals surface area contributed by atoms with Gasteiger partial charge in [0.15, 0.2) is 0 Å².